The Kier molecular flexibility index (Phi) is 7.79. The van der Waals surface area contributed by atoms with Gasteiger partial charge in [0.15, 0.2) is 0 Å². The minimum Gasteiger partial charge on any atom is -0.366 e. The Bertz CT molecular complexity index is 1930. The standard InChI is InChI=1S/C36H28N6O2/c37-35(43)26-3-1-23(2-4-26)31-13-14-32(36(38)44)34(25-7-11-28(12-8-25)42-30-17-21-40-22-18-30)33(31)24-5-9-27(10-6-24)41-29-15-19-39-20-16-29/h1-22H,(H2,37,43)(H2,38,44)(H,39,41)(H,40,42). The fourth-order valence-corrected chi connectivity index (χ4v) is 5.11. The highest BCUT2D eigenvalue weighted by Crippen LogP contribution is 2.43. The number of primary amides is 2. The number of carbonyl (C=O) groups is 2. The quantitative estimate of drug-likeness (QED) is 0.144. The van der Waals surface area contributed by atoms with Crippen molar-refractivity contribution in [3.8, 4) is 33.4 Å². The molecule has 0 saturated heterocycles. The molecule has 6 aromatic rings. The predicted octanol–water partition coefficient (Wildman–Crippen LogP) is 7.16. The van der Waals surface area contributed by atoms with Crippen LogP contribution in [0.2, 0.25) is 0 Å². The first-order valence-corrected chi connectivity index (χ1v) is 13.9. The average Bonchev–Trinajstić information content (AvgIpc) is 3.06. The van der Waals surface area contributed by atoms with Crippen molar-refractivity contribution in [2.24, 2.45) is 11.5 Å². The van der Waals surface area contributed by atoms with Gasteiger partial charge in [0.1, 0.15) is 0 Å². The summed E-state index contributed by atoms with van der Waals surface area (Å²) in [7, 11) is 0. The molecule has 0 radical (unpaired) electrons. The molecule has 0 atom stereocenters. The van der Waals surface area contributed by atoms with E-state index in [4.69, 9.17) is 11.5 Å². The molecule has 0 aliphatic carbocycles. The number of hydrogen-bond donors (Lipinski definition) is 4. The van der Waals surface area contributed by atoms with E-state index < -0.39 is 11.8 Å². The van der Waals surface area contributed by atoms with E-state index in [1.54, 1.807) is 43.0 Å². The Balaban J connectivity index is 1.49. The number of nitrogens with one attached hydrogen (secondary N) is 2. The van der Waals surface area contributed by atoms with Crippen LogP contribution in [0.25, 0.3) is 33.4 Å². The molecule has 8 nitrogen and oxygen atoms in total. The highest BCUT2D eigenvalue weighted by molar-refractivity contribution is 6.07. The lowest BCUT2D eigenvalue weighted by molar-refractivity contribution is 0.0992. The molecule has 0 unspecified atom stereocenters. The zero-order valence-electron chi connectivity index (χ0n) is 23.6. The summed E-state index contributed by atoms with van der Waals surface area (Å²) in [6.07, 6.45) is 6.90. The van der Waals surface area contributed by atoms with Gasteiger partial charge in [0.25, 0.3) is 0 Å². The molecule has 214 valence electrons. The molecular formula is C36H28N6O2. The fraction of sp³-hybridized carbons (Fsp3) is 0. The number of nitrogens with zero attached hydrogens (tertiary/aromatic N) is 2. The van der Waals surface area contributed by atoms with Gasteiger partial charge in [0, 0.05) is 64.2 Å². The lowest BCUT2D eigenvalue weighted by Gasteiger charge is -2.20. The van der Waals surface area contributed by atoms with Gasteiger partial charge in [-0.3, -0.25) is 19.6 Å². The second kappa shape index (κ2) is 12.3. The fourth-order valence-electron chi connectivity index (χ4n) is 5.11. The molecule has 0 fully saturated rings. The summed E-state index contributed by atoms with van der Waals surface area (Å²) in [5.41, 5.74) is 20.8. The van der Waals surface area contributed by atoms with Crippen molar-refractivity contribution >= 4 is 34.6 Å². The Morgan fingerprint density at radius 3 is 1.34 bits per heavy atom. The third-order valence-electron chi connectivity index (χ3n) is 7.24. The topological polar surface area (TPSA) is 136 Å². The second-order valence-electron chi connectivity index (χ2n) is 10.1. The average molecular weight is 577 g/mol. The molecule has 6 N–H and O–H groups in total. The van der Waals surface area contributed by atoms with Crippen molar-refractivity contribution in [1.82, 2.24) is 9.97 Å². The number of hydrogen-bond acceptors (Lipinski definition) is 6. The van der Waals surface area contributed by atoms with Crippen molar-refractivity contribution in [2.45, 2.75) is 0 Å². The van der Waals surface area contributed by atoms with Gasteiger partial charge >= 0.3 is 0 Å². The Labute approximate surface area is 254 Å². The minimum absolute atomic E-state index is 0.395. The normalized spacial score (nSPS) is 10.6. The summed E-state index contributed by atoms with van der Waals surface area (Å²) in [5.74, 6) is -1.04. The van der Waals surface area contributed by atoms with Gasteiger partial charge in [0.05, 0.1) is 0 Å². The molecule has 0 aliphatic heterocycles. The van der Waals surface area contributed by atoms with Gasteiger partial charge in [-0.15, -0.1) is 0 Å². The van der Waals surface area contributed by atoms with Crippen molar-refractivity contribution in [2.75, 3.05) is 10.6 Å². The number of pyridine rings is 2. The smallest absolute Gasteiger partial charge is 0.249 e. The maximum atomic E-state index is 12.8. The number of anilines is 4. The molecule has 0 bridgehead atoms. The number of nitrogens with two attached hydrogens (primary N) is 2. The summed E-state index contributed by atoms with van der Waals surface area (Å²) in [5, 5.41) is 6.74. The summed E-state index contributed by atoms with van der Waals surface area (Å²) < 4.78 is 0. The van der Waals surface area contributed by atoms with Crippen LogP contribution in [0.5, 0.6) is 0 Å². The second-order valence-corrected chi connectivity index (χ2v) is 10.1. The van der Waals surface area contributed by atoms with E-state index in [9.17, 15) is 9.59 Å². The third kappa shape index (κ3) is 6.00. The van der Waals surface area contributed by atoms with Gasteiger partial charge in [-0.2, -0.15) is 0 Å². The summed E-state index contributed by atoms with van der Waals surface area (Å²) in [6, 6.07) is 34.1. The van der Waals surface area contributed by atoms with Gasteiger partial charge in [-0.25, -0.2) is 0 Å². The van der Waals surface area contributed by atoms with E-state index in [0.29, 0.717) is 16.7 Å². The van der Waals surface area contributed by atoms with Gasteiger partial charge in [0.2, 0.25) is 11.8 Å². The maximum Gasteiger partial charge on any atom is 0.249 e. The number of benzene rings is 4. The van der Waals surface area contributed by atoms with Crippen molar-refractivity contribution in [3.05, 3.63) is 145 Å². The zero-order valence-corrected chi connectivity index (χ0v) is 23.6. The largest absolute Gasteiger partial charge is 0.366 e. The van der Waals surface area contributed by atoms with E-state index in [1.807, 2.05) is 91.0 Å². The van der Waals surface area contributed by atoms with Crippen LogP contribution in [-0.2, 0) is 0 Å². The molecular weight excluding hydrogens is 548 g/mol. The molecule has 2 heterocycles. The van der Waals surface area contributed by atoms with E-state index in [-0.39, 0.29) is 0 Å². The van der Waals surface area contributed by atoms with Crippen LogP contribution in [0.3, 0.4) is 0 Å². The van der Waals surface area contributed by atoms with Crippen LogP contribution < -0.4 is 22.1 Å². The number of amides is 2. The first-order valence-electron chi connectivity index (χ1n) is 13.9. The van der Waals surface area contributed by atoms with E-state index in [1.165, 1.54) is 0 Å². The Hall–Kier alpha value is -6.28. The first-order chi connectivity index (χ1) is 21.5. The summed E-state index contributed by atoms with van der Waals surface area (Å²) >= 11 is 0. The van der Waals surface area contributed by atoms with Crippen LogP contribution in [-0.4, -0.2) is 21.8 Å². The molecule has 2 amide bonds. The molecule has 8 heteroatoms. The molecule has 0 spiro atoms. The molecule has 6 rings (SSSR count). The van der Waals surface area contributed by atoms with Crippen LogP contribution in [0, 0.1) is 0 Å². The van der Waals surface area contributed by atoms with Gasteiger partial charge in [-0.1, -0.05) is 42.5 Å². The molecule has 0 saturated carbocycles. The van der Waals surface area contributed by atoms with Gasteiger partial charge in [-0.05, 0) is 94.5 Å². The lowest BCUT2D eigenvalue weighted by atomic mass is 9.84. The monoisotopic (exact) mass is 576 g/mol. The molecule has 0 aliphatic rings. The SMILES string of the molecule is NC(=O)c1ccc(-c2ccc(C(N)=O)c(-c3ccc(Nc4ccncc4)cc3)c2-c2ccc(Nc3ccncc3)cc2)cc1. The van der Waals surface area contributed by atoms with E-state index in [0.717, 1.165) is 50.6 Å². The molecule has 2 aromatic heterocycles. The Morgan fingerprint density at radius 2 is 0.886 bits per heavy atom. The van der Waals surface area contributed by atoms with Crippen LogP contribution in [0.15, 0.2) is 134 Å². The van der Waals surface area contributed by atoms with Crippen molar-refractivity contribution in [1.29, 1.82) is 0 Å². The van der Waals surface area contributed by atoms with E-state index >= 15 is 0 Å². The highest BCUT2D eigenvalue weighted by Gasteiger charge is 2.21. The maximum absolute atomic E-state index is 12.8. The third-order valence-corrected chi connectivity index (χ3v) is 7.24. The van der Waals surface area contributed by atoms with Crippen LogP contribution in [0.4, 0.5) is 22.7 Å². The van der Waals surface area contributed by atoms with E-state index in [2.05, 4.69) is 20.6 Å². The lowest BCUT2D eigenvalue weighted by Crippen LogP contribution is -2.13. The molecule has 4 aromatic carbocycles. The highest BCUT2D eigenvalue weighted by atomic mass is 16.1. The summed E-state index contributed by atoms with van der Waals surface area (Å²) in [6.45, 7) is 0. The van der Waals surface area contributed by atoms with Crippen LogP contribution in [0.1, 0.15) is 20.7 Å². The number of carbonyl (C=O) groups excluding carboxylic acids is 2. The molecule has 44 heavy (non-hydrogen) atoms. The first kappa shape index (κ1) is 27.9. The van der Waals surface area contributed by atoms with Crippen molar-refractivity contribution in [3.63, 3.8) is 0 Å². The van der Waals surface area contributed by atoms with Gasteiger partial charge < -0.3 is 22.1 Å². The predicted molar refractivity (Wildman–Crippen MR) is 175 cm³/mol. The van der Waals surface area contributed by atoms with Crippen molar-refractivity contribution < 1.29 is 9.59 Å². The Morgan fingerprint density at radius 1 is 0.455 bits per heavy atom. The number of aromatic nitrogens is 2. The minimum atomic E-state index is -0.535. The zero-order chi connectivity index (χ0) is 30.5. The van der Waals surface area contributed by atoms with Crippen LogP contribution >= 0.6 is 0 Å². The number of rotatable bonds is 9. The summed E-state index contributed by atoms with van der Waals surface area (Å²) in [4.78, 5) is 32.7.